The summed E-state index contributed by atoms with van der Waals surface area (Å²) in [6, 6.07) is -0.0468. The van der Waals surface area contributed by atoms with Crippen LogP contribution >= 0.6 is 0 Å². The Morgan fingerprint density at radius 2 is 2.17 bits per heavy atom. The van der Waals surface area contributed by atoms with Gasteiger partial charge >= 0.3 is 0 Å². The van der Waals surface area contributed by atoms with Crippen molar-refractivity contribution in [3.8, 4) is 0 Å². The van der Waals surface area contributed by atoms with Gasteiger partial charge in [0.25, 0.3) is 10.0 Å². The lowest BCUT2D eigenvalue weighted by Gasteiger charge is -2.29. The third-order valence-electron chi connectivity index (χ3n) is 3.71. The van der Waals surface area contributed by atoms with Gasteiger partial charge in [0.1, 0.15) is 5.82 Å². The molecular formula is C11H18N4O2S. The van der Waals surface area contributed by atoms with E-state index < -0.39 is 10.0 Å². The number of piperidine rings is 1. The van der Waals surface area contributed by atoms with Crippen molar-refractivity contribution in [3.05, 3.63) is 12.0 Å². The predicted molar refractivity (Wildman–Crippen MR) is 66.5 cm³/mol. The van der Waals surface area contributed by atoms with Crippen LogP contribution in [0.1, 0.15) is 25.1 Å². The van der Waals surface area contributed by atoms with Gasteiger partial charge in [-0.15, -0.1) is 0 Å². The zero-order chi connectivity index (χ0) is 12.8. The smallest absolute Gasteiger partial charge is 0.260 e. The molecule has 2 aliphatic rings. The number of sulfonamides is 1. The number of fused-ring (bicyclic) bond motifs is 1. The van der Waals surface area contributed by atoms with E-state index in [1.165, 1.54) is 10.5 Å². The van der Waals surface area contributed by atoms with Crippen molar-refractivity contribution in [2.75, 3.05) is 13.1 Å². The van der Waals surface area contributed by atoms with Gasteiger partial charge < -0.3 is 10.3 Å². The fraction of sp³-hybridized carbons (Fsp3) is 0.727. The maximum absolute atomic E-state index is 12.6. The van der Waals surface area contributed by atoms with Crippen LogP contribution in [0.4, 0.5) is 0 Å². The van der Waals surface area contributed by atoms with Gasteiger partial charge in [-0.3, -0.25) is 0 Å². The molecule has 0 amide bonds. The molecule has 1 fully saturated rings. The fourth-order valence-corrected chi connectivity index (χ4v) is 4.44. The van der Waals surface area contributed by atoms with E-state index in [-0.39, 0.29) is 6.04 Å². The number of imidazole rings is 1. The summed E-state index contributed by atoms with van der Waals surface area (Å²) in [5.74, 6) is 0.884. The topological polar surface area (TPSA) is 81.2 Å². The van der Waals surface area contributed by atoms with Crippen LogP contribution in [-0.4, -0.2) is 41.4 Å². The quantitative estimate of drug-likeness (QED) is 0.816. The van der Waals surface area contributed by atoms with Crippen molar-refractivity contribution < 1.29 is 8.42 Å². The molecule has 0 unspecified atom stereocenters. The predicted octanol–water partition coefficient (Wildman–Crippen LogP) is -0.0589. The number of nitrogens with zero attached hydrogens (tertiary/aromatic N) is 3. The zero-order valence-corrected chi connectivity index (χ0v) is 11.1. The molecule has 0 bridgehead atoms. The molecule has 100 valence electrons. The van der Waals surface area contributed by atoms with Gasteiger partial charge in [0, 0.05) is 32.1 Å². The van der Waals surface area contributed by atoms with Gasteiger partial charge in [-0.25, -0.2) is 13.4 Å². The maximum Gasteiger partial charge on any atom is 0.260 e. The lowest BCUT2D eigenvalue weighted by atomic mass is 10.1. The van der Waals surface area contributed by atoms with Crippen LogP contribution < -0.4 is 5.73 Å². The van der Waals surface area contributed by atoms with E-state index in [4.69, 9.17) is 5.73 Å². The van der Waals surface area contributed by atoms with Crippen molar-refractivity contribution in [2.24, 2.45) is 5.73 Å². The van der Waals surface area contributed by atoms with E-state index in [9.17, 15) is 8.42 Å². The van der Waals surface area contributed by atoms with Gasteiger partial charge in [-0.1, -0.05) is 0 Å². The molecule has 7 heteroatoms. The van der Waals surface area contributed by atoms with Gasteiger partial charge in [0.2, 0.25) is 0 Å². The molecule has 0 aliphatic carbocycles. The SMILES string of the molecule is N[C@@H]1CCCN(S(=O)(=O)c2cnc3n2CCC3)C1. The van der Waals surface area contributed by atoms with Gasteiger partial charge in [0.15, 0.2) is 5.03 Å². The summed E-state index contributed by atoms with van der Waals surface area (Å²) in [4.78, 5) is 4.20. The van der Waals surface area contributed by atoms with E-state index >= 15 is 0 Å². The highest BCUT2D eigenvalue weighted by atomic mass is 32.2. The molecule has 2 aliphatic heterocycles. The fourth-order valence-electron chi connectivity index (χ4n) is 2.76. The standard InChI is InChI=1S/C11H18N4O2S/c12-9-3-1-5-14(8-9)18(16,17)11-7-13-10-4-2-6-15(10)11/h7,9H,1-6,8,12H2/t9-/m1/s1. The molecule has 18 heavy (non-hydrogen) atoms. The lowest BCUT2D eigenvalue weighted by Crippen LogP contribution is -2.46. The Bertz CT molecular complexity index is 551. The van der Waals surface area contributed by atoms with Crippen molar-refractivity contribution >= 4 is 10.0 Å². The molecule has 3 rings (SSSR count). The second-order valence-corrected chi connectivity index (χ2v) is 6.92. The average molecular weight is 270 g/mol. The van der Waals surface area contributed by atoms with E-state index in [2.05, 4.69) is 4.98 Å². The van der Waals surface area contributed by atoms with Crippen LogP contribution in [0.2, 0.25) is 0 Å². The minimum absolute atomic E-state index is 0.0468. The van der Waals surface area contributed by atoms with E-state index in [1.807, 2.05) is 4.57 Å². The molecule has 0 spiro atoms. The molecular weight excluding hydrogens is 252 g/mol. The Morgan fingerprint density at radius 3 is 2.94 bits per heavy atom. The van der Waals surface area contributed by atoms with E-state index in [0.717, 1.165) is 38.1 Å². The molecule has 3 heterocycles. The summed E-state index contributed by atoms with van der Waals surface area (Å²) in [7, 11) is -3.42. The Labute approximate surface area is 107 Å². The third-order valence-corrected chi connectivity index (χ3v) is 5.57. The number of aryl methyl sites for hydroxylation is 1. The molecule has 6 nitrogen and oxygen atoms in total. The minimum atomic E-state index is -3.42. The summed E-state index contributed by atoms with van der Waals surface area (Å²) in [5.41, 5.74) is 5.86. The van der Waals surface area contributed by atoms with E-state index in [1.54, 1.807) is 0 Å². The van der Waals surface area contributed by atoms with Crippen molar-refractivity contribution in [1.29, 1.82) is 0 Å². The maximum atomic E-state index is 12.6. The van der Waals surface area contributed by atoms with Crippen molar-refractivity contribution in [1.82, 2.24) is 13.9 Å². The van der Waals surface area contributed by atoms with Crippen LogP contribution in [0.5, 0.6) is 0 Å². The second kappa shape index (κ2) is 4.32. The Morgan fingerprint density at radius 1 is 1.33 bits per heavy atom. The Hall–Kier alpha value is -0.920. The largest absolute Gasteiger partial charge is 0.327 e. The molecule has 0 saturated carbocycles. The molecule has 0 aromatic carbocycles. The molecule has 1 atom stereocenters. The Kier molecular flexibility index (Phi) is 2.91. The molecule has 1 aromatic rings. The number of aromatic nitrogens is 2. The third kappa shape index (κ3) is 1.86. The first kappa shape index (κ1) is 12.1. The van der Waals surface area contributed by atoms with Crippen LogP contribution in [0, 0.1) is 0 Å². The highest BCUT2D eigenvalue weighted by Gasteiger charge is 2.33. The minimum Gasteiger partial charge on any atom is -0.327 e. The molecule has 0 radical (unpaired) electrons. The molecule has 1 saturated heterocycles. The molecule has 1 aromatic heterocycles. The van der Waals surface area contributed by atoms with Crippen LogP contribution in [-0.2, 0) is 23.0 Å². The number of hydrogen-bond donors (Lipinski definition) is 1. The summed E-state index contributed by atoms with van der Waals surface area (Å²) in [6.07, 6.45) is 5.07. The Balaban J connectivity index is 1.94. The lowest BCUT2D eigenvalue weighted by molar-refractivity contribution is 0.314. The molecule has 2 N–H and O–H groups in total. The first-order valence-electron chi connectivity index (χ1n) is 6.39. The van der Waals surface area contributed by atoms with Gasteiger partial charge in [-0.05, 0) is 19.3 Å². The summed E-state index contributed by atoms with van der Waals surface area (Å²) in [5, 5.41) is 0.337. The number of rotatable bonds is 2. The summed E-state index contributed by atoms with van der Waals surface area (Å²) >= 11 is 0. The second-order valence-electron chi connectivity index (χ2n) is 5.03. The van der Waals surface area contributed by atoms with Crippen LogP contribution in [0.3, 0.4) is 0 Å². The number of hydrogen-bond acceptors (Lipinski definition) is 4. The monoisotopic (exact) mass is 270 g/mol. The zero-order valence-electron chi connectivity index (χ0n) is 10.2. The van der Waals surface area contributed by atoms with Crippen LogP contribution in [0.15, 0.2) is 11.2 Å². The van der Waals surface area contributed by atoms with E-state index in [0.29, 0.717) is 18.1 Å². The first-order chi connectivity index (χ1) is 8.59. The number of nitrogens with two attached hydrogens (primary N) is 1. The highest BCUT2D eigenvalue weighted by molar-refractivity contribution is 7.89. The van der Waals surface area contributed by atoms with Crippen molar-refractivity contribution in [3.63, 3.8) is 0 Å². The van der Waals surface area contributed by atoms with Crippen LogP contribution in [0.25, 0.3) is 0 Å². The van der Waals surface area contributed by atoms with Crippen molar-refractivity contribution in [2.45, 2.75) is 43.3 Å². The average Bonchev–Trinajstić information content (AvgIpc) is 2.90. The van der Waals surface area contributed by atoms with Gasteiger partial charge in [-0.2, -0.15) is 4.31 Å². The normalized spacial score (nSPS) is 25.3. The first-order valence-corrected chi connectivity index (χ1v) is 7.83. The highest BCUT2D eigenvalue weighted by Crippen LogP contribution is 2.24. The summed E-state index contributed by atoms with van der Waals surface area (Å²) < 4.78 is 28.5. The summed E-state index contributed by atoms with van der Waals surface area (Å²) in [6.45, 7) is 1.74. The van der Waals surface area contributed by atoms with Gasteiger partial charge in [0.05, 0.1) is 6.20 Å².